The van der Waals surface area contributed by atoms with Gasteiger partial charge < -0.3 is 14.2 Å². The maximum atomic E-state index is 12.7. The Morgan fingerprint density at radius 2 is 0.519 bits per heavy atom. The highest BCUT2D eigenvalue weighted by atomic mass is 16.6. The zero-order chi connectivity index (χ0) is 38.0. The Balaban J connectivity index is 4.16. The molecule has 0 radical (unpaired) electrons. The second kappa shape index (κ2) is 42.2. The molecule has 0 aliphatic carbocycles. The summed E-state index contributed by atoms with van der Waals surface area (Å²) in [5.74, 6) is -0.864. The Morgan fingerprint density at radius 3 is 0.769 bits per heavy atom. The van der Waals surface area contributed by atoms with E-state index >= 15 is 0 Å². The van der Waals surface area contributed by atoms with Gasteiger partial charge in [0.1, 0.15) is 13.2 Å². The van der Waals surface area contributed by atoms with Crippen molar-refractivity contribution in [1.82, 2.24) is 0 Å². The molecule has 0 unspecified atom stereocenters. The molecule has 0 saturated carbocycles. The summed E-state index contributed by atoms with van der Waals surface area (Å²) in [7, 11) is 0. The molecule has 52 heavy (non-hydrogen) atoms. The molecule has 0 saturated heterocycles. The minimum atomic E-state index is -0.756. The van der Waals surface area contributed by atoms with Gasteiger partial charge in [0, 0.05) is 19.3 Å². The van der Waals surface area contributed by atoms with Crippen LogP contribution in [0.3, 0.4) is 0 Å². The largest absolute Gasteiger partial charge is 0.462 e. The minimum Gasteiger partial charge on any atom is -0.462 e. The van der Waals surface area contributed by atoms with Crippen LogP contribution in [-0.2, 0) is 28.6 Å². The number of carbonyl (C=O) groups excluding carboxylic acids is 3. The topological polar surface area (TPSA) is 78.9 Å². The van der Waals surface area contributed by atoms with Gasteiger partial charge in [-0.05, 0) is 19.3 Å². The average Bonchev–Trinajstić information content (AvgIpc) is 3.14. The second-order valence-corrected chi connectivity index (χ2v) is 15.7. The minimum absolute atomic E-state index is 0.0637. The second-order valence-electron chi connectivity index (χ2n) is 15.7. The van der Waals surface area contributed by atoms with Gasteiger partial charge in [-0.2, -0.15) is 0 Å². The molecule has 6 nitrogen and oxygen atoms in total. The van der Waals surface area contributed by atoms with E-state index in [9.17, 15) is 14.4 Å². The number of hydrogen-bond donors (Lipinski definition) is 0. The molecule has 6 heteroatoms. The molecule has 0 rings (SSSR count). The van der Waals surface area contributed by atoms with Gasteiger partial charge in [-0.3, -0.25) is 14.4 Å². The Labute approximate surface area is 323 Å². The first-order chi connectivity index (χ1) is 25.5. The lowest BCUT2D eigenvalue weighted by Crippen LogP contribution is -2.30. The molecule has 0 heterocycles. The van der Waals surface area contributed by atoms with Crippen molar-refractivity contribution in [2.45, 2.75) is 264 Å². The van der Waals surface area contributed by atoms with Crippen LogP contribution in [0.1, 0.15) is 258 Å². The fourth-order valence-corrected chi connectivity index (χ4v) is 6.85. The molecular weight excluding hydrogens is 648 g/mol. The number of carbonyl (C=O) groups is 3. The van der Waals surface area contributed by atoms with Crippen LogP contribution < -0.4 is 0 Å². The zero-order valence-electron chi connectivity index (χ0n) is 35.1. The van der Waals surface area contributed by atoms with Gasteiger partial charge in [0.2, 0.25) is 0 Å². The molecule has 1 atom stereocenters. The van der Waals surface area contributed by atoms with Crippen LogP contribution in [0.25, 0.3) is 0 Å². The lowest BCUT2D eigenvalue weighted by molar-refractivity contribution is -0.167. The fraction of sp³-hybridized carbons (Fsp3) is 0.935. The van der Waals surface area contributed by atoms with Crippen molar-refractivity contribution in [1.29, 1.82) is 0 Å². The molecule has 0 amide bonds. The van der Waals surface area contributed by atoms with E-state index in [2.05, 4.69) is 20.8 Å². The first kappa shape index (κ1) is 50.4. The maximum absolute atomic E-state index is 12.7. The summed E-state index contributed by atoms with van der Waals surface area (Å²) in [4.78, 5) is 37.5. The number of esters is 3. The maximum Gasteiger partial charge on any atom is 0.306 e. The van der Waals surface area contributed by atoms with E-state index in [0.29, 0.717) is 19.3 Å². The van der Waals surface area contributed by atoms with Crippen LogP contribution >= 0.6 is 0 Å². The smallest absolute Gasteiger partial charge is 0.306 e. The summed E-state index contributed by atoms with van der Waals surface area (Å²) in [6.07, 6.45) is 42.5. The SMILES string of the molecule is CCCCCCCCCCCCCCCCCC(=O)OC[C@@H](COC(=O)CCCCCCC)OC(=O)CCCCCCCCCCCCCCCC. The van der Waals surface area contributed by atoms with Gasteiger partial charge in [-0.15, -0.1) is 0 Å². The third-order valence-electron chi connectivity index (χ3n) is 10.4. The summed E-state index contributed by atoms with van der Waals surface area (Å²) >= 11 is 0. The quantitative estimate of drug-likeness (QED) is 0.0353. The van der Waals surface area contributed by atoms with Gasteiger partial charge in [-0.25, -0.2) is 0 Å². The number of hydrogen-bond acceptors (Lipinski definition) is 6. The summed E-state index contributed by atoms with van der Waals surface area (Å²) in [5.41, 5.74) is 0. The van der Waals surface area contributed by atoms with Crippen molar-refractivity contribution in [3.05, 3.63) is 0 Å². The highest BCUT2D eigenvalue weighted by molar-refractivity contribution is 5.71. The first-order valence-electron chi connectivity index (χ1n) is 23.0. The summed E-state index contributed by atoms with van der Waals surface area (Å²) in [5, 5.41) is 0. The van der Waals surface area contributed by atoms with Crippen LogP contribution in [-0.4, -0.2) is 37.2 Å². The van der Waals surface area contributed by atoms with E-state index < -0.39 is 6.10 Å². The Bertz CT molecular complexity index is 768. The Kier molecular flexibility index (Phi) is 40.9. The van der Waals surface area contributed by atoms with Gasteiger partial charge in [0.05, 0.1) is 0 Å². The Hall–Kier alpha value is -1.59. The predicted octanol–water partition coefficient (Wildman–Crippen LogP) is 14.5. The molecule has 0 bridgehead atoms. The van der Waals surface area contributed by atoms with Crippen molar-refractivity contribution in [2.75, 3.05) is 13.2 Å². The van der Waals surface area contributed by atoms with Crippen LogP contribution in [0.5, 0.6) is 0 Å². The van der Waals surface area contributed by atoms with Crippen molar-refractivity contribution < 1.29 is 28.6 Å². The van der Waals surface area contributed by atoms with Crippen LogP contribution in [0.2, 0.25) is 0 Å². The molecule has 0 N–H and O–H groups in total. The lowest BCUT2D eigenvalue weighted by Gasteiger charge is -2.18. The van der Waals surface area contributed by atoms with Gasteiger partial charge >= 0.3 is 17.9 Å². The van der Waals surface area contributed by atoms with E-state index in [0.717, 1.165) is 64.2 Å². The first-order valence-corrected chi connectivity index (χ1v) is 23.0. The lowest BCUT2D eigenvalue weighted by atomic mass is 10.0. The summed E-state index contributed by atoms with van der Waals surface area (Å²) in [6.45, 7) is 6.58. The number of unbranched alkanes of at least 4 members (excludes halogenated alkanes) is 31. The van der Waals surface area contributed by atoms with Gasteiger partial charge in [-0.1, -0.05) is 220 Å². The molecule has 0 aromatic carbocycles. The van der Waals surface area contributed by atoms with Gasteiger partial charge in [0.25, 0.3) is 0 Å². The monoisotopic (exact) mass is 737 g/mol. The third-order valence-corrected chi connectivity index (χ3v) is 10.4. The molecule has 0 aliphatic heterocycles. The van der Waals surface area contributed by atoms with E-state index in [-0.39, 0.29) is 31.1 Å². The standard InChI is InChI=1S/C46H88O6/c1-4-7-10-13-15-17-19-21-23-25-26-28-30-33-36-39-45(48)51-42-43(41-50-44(47)38-35-32-12-9-6-3)52-46(49)40-37-34-31-29-27-24-22-20-18-16-14-11-8-5-2/h43H,4-42H2,1-3H3/t43-/m1/s1. The summed E-state index contributed by atoms with van der Waals surface area (Å²) < 4.78 is 16.6. The van der Waals surface area contributed by atoms with E-state index in [1.165, 1.54) is 154 Å². The van der Waals surface area contributed by atoms with Crippen molar-refractivity contribution in [3.63, 3.8) is 0 Å². The summed E-state index contributed by atoms with van der Waals surface area (Å²) in [6, 6.07) is 0. The predicted molar refractivity (Wildman–Crippen MR) is 220 cm³/mol. The normalized spacial score (nSPS) is 11.8. The molecule has 0 aliphatic rings. The molecule has 0 spiro atoms. The average molecular weight is 737 g/mol. The van der Waals surface area contributed by atoms with Crippen LogP contribution in [0.15, 0.2) is 0 Å². The molecule has 0 fully saturated rings. The van der Waals surface area contributed by atoms with E-state index in [4.69, 9.17) is 14.2 Å². The third kappa shape index (κ3) is 39.6. The van der Waals surface area contributed by atoms with E-state index in [1.807, 2.05) is 0 Å². The number of rotatable bonds is 42. The molecular formula is C46H88O6. The van der Waals surface area contributed by atoms with Crippen molar-refractivity contribution in [2.24, 2.45) is 0 Å². The number of ether oxygens (including phenoxy) is 3. The Morgan fingerprint density at radius 1 is 0.308 bits per heavy atom. The highest BCUT2D eigenvalue weighted by Crippen LogP contribution is 2.16. The molecule has 0 aromatic heterocycles. The van der Waals surface area contributed by atoms with Crippen LogP contribution in [0.4, 0.5) is 0 Å². The van der Waals surface area contributed by atoms with Crippen molar-refractivity contribution in [3.8, 4) is 0 Å². The van der Waals surface area contributed by atoms with Crippen LogP contribution in [0, 0.1) is 0 Å². The van der Waals surface area contributed by atoms with E-state index in [1.54, 1.807) is 0 Å². The van der Waals surface area contributed by atoms with Gasteiger partial charge in [0.15, 0.2) is 6.10 Å². The molecule has 0 aromatic rings. The zero-order valence-corrected chi connectivity index (χ0v) is 35.1. The highest BCUT2D eigenvalue weighted by Gasteiger charge is 2.19. The fourth-order valence-electron chi connectivity index (χ4n) is 6.85. The van der Waals surface area contributed by atoms with Crippen molar-refractivity contribution >= 4 is 17.9 Å². The molecule has 308 valence electrons.